The molecule has 3 aromatic rings. The summed E-state index contributed by atoms with van der Waals surface area (Å²) in [5.74, 6) is 0.288. The van der Waals surface area contributed by atoms with Crippen molar-refractivity contribution in [1.29, 1.82) is 0 Å². The van der Waals surface area contributed by atoms with Gasteiger partial charge in [-0.1, -0.05) is 48.0 Å². The maximum atomic E-state index is 12.7. The van der Waals surface area contributed by atoms with Crippen LogP contribution in [0.25, 0.3) is 5.57 Å². The van der Waals surface area contributed by atoms with Gasteiger partial charge in [-0.25, -0.2) is 4.98 Å². The van der Waals surface area contributed by atoms with Crippen molar-refractivity contribution in [3.8, 4) is 0 Å². The van der Waals surface area contributed by atoms with Gasteiger partial charge in [-0.2, -0.15) is 0 Å². The van der Waals surface area contributed by atoms with E-state index in [1.165, 1.54) is 5.56 Å². The highest BCUT2D eigenvalue weighted by Gasteiger charge is 2.24. The van der Waals surface area contributed by atoms with Crippen LogP contribution in [-0.2, 0) is 6.54 Å². The number of allylic oxidation sites excluding steroid dienone is 1. The average molecular weight is 350 g/mol. The molecule has 2 heterocycles. The molecule has 0 radical (unpaired) electrons. The Morgan fingerprint density at radius 3 is 2.72 bits per heavy atom. The number of carbonyl (C=O) groups is 1. The van der Waals surface area contributed by atoms with Gasteiger partial charge >= 0.3 is 0 Å². The Balaban J connectivity index is 1.66. The number of nitrogens with zero attached hydrogens (tertiary/aromatic N) is 2. The summed E-state index contributed by atoms with van der Waals surface area (Å²) < 4.78 is 0. The number of H-pyrrole nitrogens is 1. The van der Waals surface area contributed by atoms with Gasteiger partial charge in [0.1, 0.15) is 0 Å². The van der Waals surface area contributed by atoms with E-state index >= 15 is 0 Å². The molecule has 4 nitrogen and oxygen atoms in total. The van der Waals surface area contributed by atoms with E-state index < -0.39 is 0 Å². The smallest absolute Gasteiger partial charge is 0.228 e. The van der Waals surface area contributed by atoms with E-state index in [1.54, 1.807) is 12.4 Å². The lowest BCUT2D eigenvalue weighted by atomic mass is 9.95. The van der Waals surface area contributed by atoms with Gasteiger partial charge in [-0.05, 0) is 23.8 Å². The largest absolute Gasteiger partial charge is 0.363 e. The van der Waals surface area contributed by atoms with E-state index in [4.69, 9.17) is 11.6 Å². The van der Waals surface area contributed by atoms with Crippen LogP contribution in [-0.4, -0.2) is 22.3 Å². The fourth-order valence-corrected chi connectivity index (χ4v) is 3.20. The standard InChI is InChI=1S/C20H16ClN3O/c21-15-7-5-14(6-8-15)13-24-12-9-17(16-3-1-2-4-18(16)24)19(25)20-22-10-11-23-20/h1-11H,12-13H2,(H,22,23). The molecule has 1 aromatic heterocycles. The number of Topliss-reactive ketones (excluding diaryl/α,β-unsaturated/α-hetero) is 1. The monoisotopic (exact) mass is 349 g/mol. The van der Waals surface area contributed by atoms with E-state index in [9.17, 15) is 4.79 Å². The average Bonchev–Trinajstić information content (AvgIpc) is 3.18. The molecule has 0 bridgehead atoms. The normalized spacial score (nSPS) is 13.3. The summed E-state index contributed by atoms with van der Waals surface area (Å²) >= 11 is 5.97. The molecule has 0 fully saturated rings. The third-order valence-corrected chi connectivity index (χ3v) is 4.55. The molecular weight excluding hydrogens is 334 g/mol. The van der Waals surface area contributed by atoms with Gasteiger partial charge < -0.3 is 9.88 Å². The summed E-state index contributed by atoms with van der Waals surface area (Å²) in [7, 11) is 0. The topological polar surface area (TPSA) is 49.0 Å². The summed E-state index contributed by atoms with van der Waals surface area (Å²) in [4.78, 5) is 22.0. The molecule has 4 rings (SSSR count). The number of benzene rings is 2. The van der Waals surface area contributed by atoms with E-state index in [2.05, 4.69) is 14.9 Å². The lowest BCUT2D eigenvalue weighted by Gasteiger charge is -2.30. The zero-order valence-electron chi connectivity index (χ0n) is 13.4. The minimum atomic E-state index is -0.0800. The highest BCUT2D eigenvalue weighted by molar-refractivity contribution is 6.30. The minimum absolute atomic E-state index is 0.0800. The second-order valence-corrected chi connectivity index (χ2v) is 6.35. The van der Waals surface area contributed by atoms with Crippen LogP contribution in [0.3, 0.4) is 0 Å². The molecule has 1 aliphatic heterocycles. The number of halogens is 1. The Hall–Kier alpha value is -2.85. The van der Waals surface area contributed by atoms with Crippen molar-refractivity contribution in [3.05, 3.63) is 89.0 Å². The molecule has 124 valence electrons. The minimum Gasteiger partial charge on any atom is -0.363 e. The van der Waals surface area contributed by atoms with Gasteiger partial charge in [-0.3, -0.25) is 4.79 Å². The van der Waals surface area contributed by atoms with Crippen molar-refractivity contribution in [1.82, 2.24) is 9.97 Å². The first-order valence-corrected chi connectivity index (χ1v) is 8.43. The summed E-state index contributed by atoms with van der Waals surface area (Å²) in [6.07, 6.45) is 5.23. The second kappa shape index (κ2) is 6.57. The Labute approximate surface area is 150 Å². The first kappa shape index (κ1) is 15.7. The lowest BCUT2D eigenvalue weighted by Crippen LogP contribution is -2.28. The third kappa shape index (κ3) is 3.08. The number of fused-ring (bicyclic) bond motifs is 1. The Morgan fingerprint density at radius 1 is 1.16 bits per heavy atom. The molecule has 25 heavy (non-hydrogen) atoms. The Morgan fingerprint density at radius 2 is 1.96 bits per heavy atom. The first-order chi connectivity index (χ1) is 12.2. The summed E-state index contributed by atoms with van der Waals surface area (Å²) in [6.45, 7) is 1.42. The van der Waals surface area contributed by atoms with Crippen LogP contribution in [0.15, 0.2) is 67.0 Å². The van der Waals surface area contributed by atoms with Crippen LogP contribution in [0, 0.1) is 0 Å². The van der Waals surface area contributed by atoms with E-state index in [1.807, 2.05) is 54.6 Å². The van der Waals surface area contributed by atoms with E-state index in [0.29, 0.717) is 17.9 Å². The maximum absolute atomic E-state index is 12.7. The number of para-hydroxylation sites is 1. The van der Waals surface area contributed by atoms with Crippen molar-refractivity contribution < 1.29 is 4.79 Å². The molecule has 0 aliphatic carbocycles. The SMILES string of the molecule is O=C(C1=CCN(Cc2ccc(Cl)cc2)c2ccccc21)c1ncc[nH]1. The number of aromatic amines is 1. The fraction of sp³-hybridized carbons (Fsp3) is 0.100. The molecule has 0 spiro atoms. The highest BCUT2D eigenvalue weighted by atomic mass is 35.5. The number of rotatable bonds is 4. The van der Waals surface area contributed by atoms with Gasteiger partial charge in [0.05, 0.1) is 0 Å². The predicted octanol–water partition coefficient (Wildman–Crippen LogP) is 4.35. The van der Waals surface area contributed by atoms with E-state index in [-0.39, 0.29) is 5.78 Å². The van der Waals surface area contributed by atoms with Crippen molar-refractivity contribution in [2.75, 3.05) is 11.4 Å². The first-order valence-electron chi connectivity index (χ1n) is 8.05. The number of ketones is 1. The van der Waals surface area contributed by atoms with Crippen molar-refractivity contribution in [2.45, 2.75) is 6.54 Å². The zero-order chi connectivity index (χ0) is 17.2. The number of anilines is 1. The molecule has 2 aromatic carbocycles. The number of aromatic nitrogens is 2. The number of hydrogen-bond acceptors (Lipinski definition) is 3. The van der Waals surface area contributed by atoms with Gasteiger partial charge in [0.25, 0.3) is 0 Å². The number of carbonyl (C=O) groups excluding carboxylic acids is 1. The molecule has 0 saturated carbocycles. The van der Waals surface area contributed by atoms with Crippen molar-refractivity contribution in [3.63, 3.8) is 0 Å². The zero-order valence-corrected chi connectivity index (χ0v) is 14.2. The molecule has 1 N–H and O–H groups in total. The summed E-state index contributed by atoms with van der Waals surface area (Å²) in [6, 6.07) is 15.8. The molecule has 5 heteroatoms. The molecule has 0 unspecified atom stereocenters. The molecule has 1 aliphatic rings. The maximum Gasteiger partial charge on any atom is 0.228 e. The highest BCUT2D eigenvalue weighted by Crippen LogP contribution is 2.33. The van der Waals surface area contributed by atoms with Crippen LogP contribution < -0.4 is 4.90 Å². The van der Waals surface area contributed by atoms with Crippen LogP contribution in [0.5, 0.6) is 0 Å². The van der Waals surface area contributed by atoms with Crippen molar-refractivity contribution in [2.24, 2.45) is 0 Å². The van der Waals surface area contributed by atoms with Crippen LogP contribution >= 0.6 is 11.6 Å². The van der Waals surface area contributed by atoms with Gasteiger partial charge in [0, 0.05) is 47.3 Å². The Kier molecular flexibility index (Phi) is 4.12. The Bertz CT molecular complexity index is 930. The van der Waals surface area contributed by atoms with Crippen LogP contribution in [0.4, 0.5) is 5.69 Å². The lowest BCUT2D eigenvalue weighted by molar-refractivity contribution is 0.104. The summed E-state index contributed by atoms with van der Waals surface area (Å²) in [5.41, 5.74) is 3.85. The predicted molar refractivity (Wildman–Crippen MR) is 99.8 cm³/mol. The second-order valence-electron chi connectivity index (χ2n) is 5.91. The molecular formula is C20H16ClN3O. The summed E-state index contributed by atoms with van der Waals surface area (Å²) in [5, 5.41) is 0.731. The van der Waals surface area contributed by atoms with Gasteiger partial charge in [-0.15, -0.1) is 0 Å². The number of hydrogen-bond donors (Lipinski definition) is 1. The molecule has 0 amide bonds. The van der Waals surface area contributed by atoms with Crippen molar-refractivity contribution >= 4 is 28.6 Å². The van der Waals surface area contributed by atoms with Gasteiger partial charge in [0.2, 0.25) is 5.78 Å². The van der Waals surface area contributed by atoms with Crippen LogP contribution in [0.2, 0.25) is 5.02 Å². The number of imidazole rings is 1. The molecule has 0 saturated heterocycles. The quantitative estimate of drug-likeness (QED) is 0.712. The third-order valence-electron chi connectivity index (χ3n) is 4.30. The van der Waals surface area contributed by atoms with Crippen LogP contribution in [0.1, 0.15) is 21.7 Å². The van der Waals surface area contributed by atoms with Gasteiger partial charge in [0.15, 0.2) is 5.82 Å². The fourth-order valence-electron chi connectivity index (χ4n) is 3.08. The molecule has 0 atom stereocenters. The van der Waals surface area contributed by atoms with E-state index in [0.717, 1.165) is 22.8 Å². The number of nitrogens with one attached hydrogen (secondary N) is 1.